The third kappa shape index (κ3) is 5.08. The molecule has 1 saturated heterocycles. The first-order chi connectivity index (χ1) is 15.1. The number of nitriles is 1. The molecule has 1 fully saturated rings. The number of nitrogens with zero attached hydrogens (tertiary/aromatic N) is 3. The van der Waals surface area contributed by atoms with Crippen LogP contribution in [0, 0.1) is 11.3 Å². The second-order valence-corrected chi connectivity index (χ2v) is 7.34. The minimum atomic E-state index is -0.421. The molecular formula is C23H24N4O4. The van der Waals surface area contributed by atoms with E-state index in [1.165, 1.54) is 5.56 Å². The SMILES string of the molecule is COc1ccc(NC(=O)C(C#N)=CN2CCN(Cc3ccc4c(c3)OCO4)CC2)cc1. The molecule has 1 amide bonds. The summed E-state index contributed by atoms with van der Waals surface area (Å²) in [7, 11) is 1.58. The lowest BCUT2D eigenvalue weighted by molar-refractivity contribution is -0.112. The molecule has 31 heavy (non-hydrogen) atoms. The number of nitrogens with one attached hydrogen (secondary N) is 1. The van der Waals surface area contributed by atoms with E-state index in [9.17, 15) is 10.1 Å². The third-order valence-corrected chi connectivity index (χ3v) is 5.27. The van der Waals surface area contributed by atoms with Crippen molar-refractivity contribution in [3.8, 4) is 23.3 Å². The van der Waals surface area contributed by atoms with Crippen LogP contribution in [0.3, 0.4) is 0 Å². The maximum absolute atomic E-state index is 12.5. The van der Waals surface area contributed by atoms with Gasteiger partial charge in [0.1, 0.15) is 17.4 Å². The van der Waals surface area contributed by atoms with Crippen LogP contribution in [0.2, 0.25) is 0 Å². The number of fused-ring (bicyclic) bond motifs is 1. The topological polar surface area (TPSA) is 87.1 Å². The molecule has 0 saturated carbocycles. The van der Waals surface area contributed by atoms with Crippen LogP contribution in [-0.2, 0) is 11.3 Å². The molecule has 2 heterocycles. The van der Waals surface area contributed by atoms with Crippen LogP contribution >= 0.6 is 0 Å². The van der Waals surface area contributed by atoms with Crippen LogP contribution in [0.1, 0.15) is 5.56 Å². The number of amides is 1. The van der Waals surface area contributed by atoms with E-state index >= 15 is 0 Å². The summed E-state index contributed by atoms with van der Waals surface area (Å²) in [5, 5.41) is 12.2. The van der Waals surface area contributed by atoms with Crippen LogP contribution in [-0.4, -0.2) is 55.8 Å². The van der Waals surface area contributed by atoms with Gasteiger partial charge < -0.3 is 24.4 Å². The number of rotatable bonds is 6. The highest BCUT2D eigenvalue weighted by atomic mass is 16.7. The Balaban J connectivity index is 1.30. The summed E-state index contributed by atoms with van der Waals surface area (Å²) in [4.78, 5) is 16.8. The highest BCUT2D eigenvalue weighted by Crippen LogP contribution is 2.32. The summed E-state index contributed by atoms with van der Waals surface area (Å²) in [6.07, 6.45) is 1.65. The molecule has 4 rings (SSSR count). The van der Waals surface area contributed by atoms with Gasteiger partial charge in [-0.15, -0.1) is 0 Å². The average molecular weight is 420 g/mol. The smallest absolute Gasteiger partial charge is 0.267 e. The van der Waals surface area contributed by atoms with Crippen LogP contribution in [0.5, 0.6) is 17.2 Å². The molecule has 2 aromatic carbocycles. The molecule has 2 aromatic rings. The van der Waals surface area contributed by atoms with Crippen molar-refractivity contribution in [2.75, 3.05) is 45.4 Å². The van der Waals surface area contributed by atoms with Gasteiger partial charge in [0.25, 0.3) is 5.91 Å². The summed E-state index contributed by atoms with van der Waals surface area (Å²) >= 11 is 0. The monoisotopic (exact) mass is 420 g/mol. The molecule has 8 heteroatoms. The molecule has 8 nitrogen and oxygen atoms in total. The zero-order valence-electron chi connectivity index (χ0n) is 17.3. The zero-order chi connectivity index (χ0) is 21.6. The molecule has 0 atom stereocenters. The first-order valence-corrected chi connectivity index (χ1v) is 10.1. The average Bonchev–Trinajstić information content (AvgIpc) is 3.27. The van der Waals surface area contributed by atoms with Crippen LogP contribution < -0.4 is 19.5 Å². The van der Waals surface area contributed by atoms with Crippen LogP contribution in [0.25, 0.3) is 0 Å². The van der Waals surface area contributed by atoms with Gasteiger partial charge in [0.05, 0.1) is 7.11 Å². The molecule has 0 spiro atoms. The zero-order valence-corrected chi connectivity index (χ0v) is 17.3. The lowest BCUT2D eigenvalue weighted by atomic mass is 10.1. The molecule has 0 aliphatic carbocycles. The number of anilines is 1. The number of methoxy groups -OCH3 is 1. The second kappa shape index (κ2) is 9.41. The second-order valence-electron chi connectivity index (χ2n) is 7.34. The minimum Gasteiger partial charge on any atom is -0.497 e. The maximum Gasteiger partial charge on any atom is 0.267 e. The van der Waals surface area contributed by atoms with Crippen molar-refractivity contribution in [3.63, 3.8) is 0 Å². The van der Waals surface area contributed by atoms with E-state index in [0.29, 0.717) is 11.4 Å². The quantitative estimate of drug-likeness (QED) is 0.568. The summed E-state index contributed by atoms with van der Waals surface area (Å²) in [6.45, 7) is 4.25. The van der Waals surface area contributed by atoms with E-state index in [4.69, 9.17) is 14.2 Å². The molecule has 0 bridgehead atoms. The van der Waals surface area contributed by atoms with Crippen molar-refractivity contribution in [2.45, 2.75) is 6.54 Å². The summed E-state index contributed by atoms with van der Waals surface area (Å²) < 4.78 is 15.9. The predicted molar refractivity (Wildman–Crippen MR) is 115 cm³/mol. The number of ether oxygens (including phenoxy) is 3. The molecule has 1 N–H and O–H groups in total. The number of hydrogen-bond acceptors (Lipinski definition) is 7. The van der Waals surface area contributed by atoms with Gasteiger partial charge >= 0.3 is 0 Å². The van der Waals surface area contributed by atoms with Gasteiger partial charge in [-0.2, -0.15) is 5.26 Å². The summed E-state index contributed by atoms with van der Waals surface area (Å²) in [5.74, 6) is 1.86. The number of piperazine rings is 1. The fraction of sp³-hybridized carbons (Fsp3) is 0.304. The van der Waals surface area contributed by atoms with Gasteiger partial charge in [0.2, 0.25) is 6.79 Å². The van der Waals surface area contributed by atoms with E-state index in [1.807, 2.05) is 23.1 Å². The van der Waals surface area contributed by atoms with E-state index in [-0.39, 0.29) is 12.4 Å². The standard InChI is InChI=1S/C23H24N4O4/c1-29-20-5-3-19(4-6-20)25-23(28)18(13-24)15-27-10-8-26(9-11-27)14-17-2-7-21-22(12-17)31-16-30-21/h2-7,12,15H,8-11,14,16H2,1H3,(H,25,28). The lowest BCUT2D eigenvalue weighted by Crippen LogP contribution is -2.43. The van der Waals surface area contributed by atoms with Gasteiger partial charge in [-0.05, 0) is 42.0 Å². The Morgan fingerprint density at radius 1 is 1.13 bits per heavy atom. The number of benzene rings is 2. The van der Waals surface area contributed by atoms with Gasteiger partial charge in [0, 0.05) is 44.6 Å². The molecule has 2 aliphatic rings. The Morgan fingerprint density at radius 2 is 1.87 bits per heavy atom. The number of carbonyl (C=O) groups is 1. The van der Waals surface area contributed by atoms with Crippen molar-refractivity contribution >= 4 is 11.6 Å². The minimum absolute atomic E-state index is 0.0834. The van der Waals surface area contributed by atoms with Crippen LogP contribution in [0.15, 0.2) is 54.2 Å². The van der Waals surface area contributed by atoms with Crippen molar-refractivity contribution in [1.82, 2.24) is 9.80 Å². The van der Waals surface area contributed by atoms with Crippen LogP contribution in [0.4, 0.5) is 5.69 Å². The van der Waals surface area contributed by atoms with E-state index < -0.39 is 5.91 Å². The third-order valence-electron chi connectivity index (χ3n) is 5.27. The lowest BCUT2D eigenvalue weighted by Gasteiger charge is -2.34. The predicted octanol–water partition coefficient (Wildman–Crippen LogP) is 2.59. The fourth-order valence-corrected chi connectivity index (χ4v) is 3.54. The Morgan fingerprint density at radius 3 is 2.58 bits per heavy atom. The molecule has 0 radical (unpaired) electrons. The molecule has 2 aliphatic heterocycles. The van der Waals surface area contributed by atoms with Gasteiger partial charge in [0.15, 0.2) is 11.5 Å². The first kappa shape index (κ1) is 20.6. The van der Waals surface area contributed by atoms with Gasteiger partial charge in [-0.1, -0.05) is 6.07 Å². The molecule has 0 unspecified atom stereocenters. The molecule has 160 valence electrons. The largest absolute Gasteiger partial charge is 0.497 e. The van der Waals surface area contributed by atoms with Gasteiger partial charge in [-0.25, -0.2) is 0 Å². The highest BCUT2D eigenvalue weighted by Gasteiger charge is 2.19. The van der Waals surface area contributed by atoms with Crippen molar-refractivity contribution in [2.24, 2.45) is 0 Å². The summed E-state index contributed by atoms with van der Waals surface area (Å²) in [5.41, 5.74) is 1.87. The Bertz CT molecular complexity index is 1010. The van der Waals surface area contributed by atoms with Crippen molar-refractivity contribution in [1.29, 1.82) is 5.26 Å². The Labute approximate surface area is 181 Å². The van der Waals surface area contributed by atoms with E-state index in [2.05, 4.69) is 16.3 Å². The first-order valence-electron chi connectivity index (χ1n) is 10.1. The Kier molecular flexibility index (Phi) is 6.24. The maximum atomic E-state index is 12.5. The molecular weight excluding hydrogens is 396 g/mol. The fourth-order valence-electron chi connectivity index (χ4n) is 3.54. The summed E-state index contributed by atoms with van der Waals surface area (Å²) in [6, 6.07) is 15.0. The van der Waals surface area contributed by atoms with Crippen molar-refractivity contribution < 1.29 is 19.0 Å². The Hall–Kier alpha value is -3.70. The number of carbonyl (C=O) groups excluding carboxylic acids is 1. The normalized spacial score (nSPS) is 16.0. The van der Waals surface area contributed by atoms with Gasteiger partial charge in [-0.3, -0.25) is 9.69 Å². The molecule has 0 aromatic heterocycles. The highest BCUT2D eigenvalue weighted by molar-refractivity contribution is 6.06. The van der Waals surface area contributed by atoms with Crippen molar-refractivity contribution in [3.05, 3.63) is 59.8 Å². The van der Waals surface area contributed by atoms with E-state index in [1.54, 1.807) is 37.6 Å². The van der Waals surface area contributed by atoms with E-state index in [0.717, 1.165) is 44.2 Å². The number of hydrogen-bond donors (Lipinski definition) is 1.